The number of hydrogen-bond donors (Lipinski definition) is 2. The highest BCUT2D eigenvalue weighted by Gasteiger charge is 2.20. The minimum Gasteiger partial charge on any atom is -0.461 e. The van der Waals surface area contributed by atoms with Crippen LogP contribution in [0.25, 0.3) is 11.0 Å². The molecular weight excluding hydrogens is 418 g/mol. The molecule has 0 atom stereocenters. The number of hydrogen-bond acceptors (Lipinski definition) is 7. The van der Waals surface area contributed by atoms with Crippen molar-refractivity contribution in [3.05, 3.63) is 78.4 Å². The number of carbonyl (C=O) groups excluding carboxylic acids is 1. The Morgan fingerprint density at radius 1 is 0.968 bits per heavy atom. The smallest absolute Gasteiger partial charge is 0.330 e. The Labute approximate surface area is 182 Å². The van der Waals surface area contributed by atoms with Gasteiger partial charge in [0.25, 0.3) is 0 Å². The lowest BCUT2D eigenvalue weighted by atomic mass is 10.2. The van der Waals surface area contributed by atoms with Gasteiger partial charge in [-0.3, -0.25) is 4.90 Å². The van der Waals surface area contributed by atoms with E-state index in [9.17, 15) is 13.2 Å². The van der Waals surface area contributed by atoms with Crippen LogP contribution in [-0.4, -0.2) is 69.0 Å². The minimum atomic E-state index is -3.72. The molecule has 0 unspecified atom stereocenters. The molecule has 8 heteroatoms. The number of aliphatic hydroxyl groups excluding tert-OH is 2. The van der Waals surface area contributed by atoms with Crippen LogP contribution in [0, 0.1) is 0 Å². The number of nitrogens with zero attached hydrogens (tertiary/aromatic N) is 1. The summed E-state index contributed by atoms with van der Waals surface area (Å²) in [6, 6.07) is 14.8. The first kappa shape index (κ1) is 24.5. The molecule has 0 radical (unpaired) electrons. The fourth-order valence-electron chi connectivity index (χ4n) is 2.79. The maximum absolute atomic E-state index is 12.7. The second-order valence-electron chi connectivity index (χ2n) is 6.65. The SMILES string of the molecule is C=C(c1ccccc1)S(=O)(=O)c1ccc(/C=C/C(=O)OCCN(CCO)CCO)cc1. The molecule has 0 aliphatic heterocycles. The number of esters is 1. The molecule has 0 saturated carbocycles. The molecule has 2 aromatic rings. The van der Waals surface area contributed by atoms with Crippen LogP contribution in [0.5, 0.6) is 0 Å². The van der Waals surface area contributed by atoms with Gasteiger partial charge >= 0.3 is 5.97 Å². The molecule has 0 amide bonds. The highest BCUT2D eigenvalue weighted by Crippen LogP contribution is 2.26. The van der Waals surface area contributed by atoms with E-state index in [-0.39, 0.29) is 29.6 Å². The summed E-state index contributed by atoms with van der Waals surface area (Å²) in [5, 5.41) is 17.9. The van der Waals surface area contributed by atoms with Crippen LogP contribution in [0.15, 0.2) is 72.1 Å². The summed E-state index contributed by atoms with van der Waals surface area (Å²) >= 11 is 0. The first-order valence-electron chi connectivity index (χ1n) is 9.77. The van der Waals surface area contributed by atoms with E-state index < -0.39 is 15.8 Å². The number of sulfone groups is 1. The quantitative estimate of drug-likeness (QED) is 0.380. The van der Waals surface area contributed by atoms with Crippen molar-refractivity contribution in [3.8, 4) is 0 Å². The highest BCUT2D eigenvalue weighted by atomic mass is 32.2. The lowest BCUT2D eigenvalue weighted by molar-refractivity contribution is -0.138. The van der Waals surface area contributed by atoms with Crippen LogP contribution in [0.1, 0.15) is 11.1 Å². The summed E-state index contributed by atoms with van der Waals surface area (Å²) in [6.07, 6.45) is 2.79. The van der Waals surface area contributed by atoms with Crippen LogP contribution in [-0.2, 0) is 19.4 Å². The Morgan fingerprint density at radius 3 is 2.16 bits per heavy atom. The standard InChI is InChI=1S/C23H27NO6S/c1-19(21-5-3-2-4-6-21)31(28,29)22-10-7-20(8-11-22)9-12-23(27)30-18-15-24(13-16-25)14-17-26/h2-12,25-26H,1,13-18H2/b12-9+. The van der Waals surface area contributed by atoms with E-state index in [0.29, 0.717) is 30.8 Å². The second-order valence-corrected chi connectivity index (χ2v) is 8.62. The summed E-state index contributed by atoms with van der Waals surface area (Å²) in [4.78, 5) is 13.8. The van der Waals surface area contributed by atoms with Crippen molar-refractivity contribution < 1.29 is 28.2 Å². The lowest BCUT2D eigenvalue weighted by Gasteiger charge is -2.19. The van der Waals surface area contributed by atoms with Crippen molar-refractivity contribution in [2.45, 2.75) is 4.90 Å². The average molecular weight is 446 g/mol. The van der Waals surface area contributed by atoms with E-state index in [0.717, 1.165) is 0 Å². The molecule has 0 fully saturated rings. The van der Waals surface area contributed by atoms with Gasteiger partial charge in [0.15, 0.2) is 0 Å². The average Bonchev–Trinajstić information content (AvgIpc) is 2.78. The third-order valence-electron chi connectivity index (χ3n) is 4.51. The molecule has 2 aromatic carbocycles. The summed E-state index contributed by atoms with van der Waals surface area (Å²) < 4.78 is 30.6. The summed E-state index contributed by atoms with van der Waals surface area (Å²) in [5.41, 5.74) is 1.18. The van der Waals surface area contributed by atoms with Gasteiger partial charge in [-0.05, 0) is 29.3 Å². The zero-order valence-corrected chi connectivity index (χ0v) is 18.0. The van der Waals surface area contributed by atoms with Gasteiger partial charge in [0.2, 0.25) is 9.84 Å². The number of ether oxygens (including phenoxy) is 1. The van der Waals surface area contributed by atoms with Crippen LogP contribution < -0.4 is 0 Å². The zero-order chi connectivity index (χ0) is 22.7. The summed E-state index contributed by atoms with van der Waals surface area (Å²) in [6.45, 7) is 4.94. The minimum absolute atomic E-state index is 0.0245. The normalized spacial score (nSPS) is 11.7. The predicted molar refractivity (Wildman–Crippen MR) is 120 cm³/mol. The molecule has 7 nitrogen and oxygen atoms in total. The first-order valence-corrected chi connectivity index (χ1v) is 11.2. The van der Waals surface area contributed by atoms with Gasteiger partial charge < -0.3 is 14.9 Å². The monoisotopic (exact) mass is 445 g/mol. The molecule has 166 valence electrons. The molecule has 0 aliphatic rings. The van der Waals surface area contributed by atoms with Crippen molar-refractivity contribution in [3.63, 3.8) is 0 Å². The molecule has 0 aliphatic carbocycles. The van der Waals surface area contributed by atoms with Gasteiger partial charge in [-0.25, -0.2) is 13.2 Å². The second kappa shape index (κ2) is 12.2. The number of aliphatic hydroxyl groups is 2. The molecular formula is C23H27NO6S. The Hall–Kier alpha value is -2.78. The summed E-state index contributed by atoms with van der Waals surface area (Å²) in [5.74, 6) is -0.540. The van der Waals surface area contributed by atoms with Crippen molar-refractivity contribution in [1.29, 1.82) is 0 Å². The fourth-order valence-corrected chi connectivity index (χ4v) is 4.01. The van der Waals surface area contributed by atoms with Gasteiger partial charge in [0, 0.05) is 25.7 Å². The van der Waals surface area contributed by atoms with Crippen LogP contribution >= 0.6 is 0 Å². The van der Waals surface area contributed by atoms with Crippen molar-refractivity contribution in [1.82, 2.24) is 4.90 Å². The predicted octanol–water partition coefficient (Wildman–Crippen LogP) is 1.97. The number of carbonyl (C=O) groups is 1. The molecule has 2 rings (SSSR count). The Bertz CT molecular complexity index is 978. The third kappa shape index (κ3) is 7.45. The van der Waals surface area contributed by atoms with Crippen molar-refractivity contribution in [2.24, 2.45) is 0 Å². The first-order chi connectivity index (χ1) is 14.9. The zero-order valence-electron chi connectivity index (χ0n) is 17.2. The third-order valence-corrected chi connectivity index (χ3v) is 6.28. The maximum Gasteiger partial charge on any atom is 0.330 e. The van der Waals surface area contributed by atoms with E-state index in [1.165, 1.54) is 24.3 Å². The van der Waals surface area contributed by atoms with Gasteiger partial charge in [-0.15, -0.1) is 0 Å². The van der Waals surface area contributed by atoms with E-state index >= 15 is 0 Å². The molecule has 0 aromatic heterocycles. The van der Waals surface area contributed by atoms with Crippen molar-refractivity contribution in [2.75, 3.05) is 39.5 Å². The number of rotatable bonds is 12. The van der Waals surface area contributed by atoms with E-state index in [1.54, 1.807) is 47.4 Å². The van der Waals surface area contributed by atoms with Gasteiger partial charge in [0.05, 0.1) is 23.0 Å². The molecule has 0 spiro atoms. The van der Waals surface area contributed by atoms with Gasteiger partial charge in [-0.2, -0.15) is 0 Å². The van der Waals surface area contributed by atoms with Crippen molar-refractivity contribution >= 4 is 26.8 Å². The fraction of sp³-hybridized carbons (Fsp3) is 0.261. The van der Waals surface area contributed by atoms with Gasteiger partial charge in [0.1, 0.15) is 6.61 Å². The number of benzene rings is 2. The van der Waals surface area contributed by atoms with Crippen LogP contribution in [0.2, 0.25) is 0 Å². The Morgan fingerprint density at radius 2 is 1.58 bits per heavy atom. The van der Waals surface area contributed by atoms with E-state index in [2.05, 4.69) is 6.58 Å². The molecule has 0 heterocycles. The molecule has 31 heavy (non-hydrogen) atoms. The maximum atomic E-state index is 12.7. The van der Waals surface area contributed by atoms with Crippen LogP contribution in [0.4, 0.5) is 0 Å². The molecule has 2 N–H and O–H groups in total. The van der Waals surface area contributed by atoms with Crippen LogP contribution in [0.3, 0.4) is 0 Å². The summed E-state index contributed by atoms with van der Waals surface area (Å²) in [7, 11) is -3.72. The largest absolute Gasteiger partial charge is 0.461 e. The Balaban J connectivity index is 1.93. The lowest BCUT2D eigenvalue weighted by Crippen LogP contribution is -2.33. The topological polar surface area (TPSA) is 104 Å². The van der Waals surface area contributed by atoms with Gasteiger partial charge in [-0.1, -0.05) is 49.0 Å². The highest BCUT2D eigenvalue weighted by molar-refractivity contribution is 8.00. The van der Waals surface area contributed by atoms with E-state index in [1.807, 2.05) is 0 Å². The molecule has 0 saturated heterocycles. The Kier molecular flexibility index (Phi) is 9.61. The molecule has 0 bridgehead atoms. The van der Waals surface area contributed by atoms with E-state index in [4.69, 9.17) is 14.9 Å².